The van der Waals surface area contributed by atoms with Crippen LogP contribution in [0.25, 0.3) is 0 Å². The Labute approximate surface area is 138 Å². The van der Waals surface area contributed by atoms with Crippen molar-refractivity contribution in [1.29, 1.82) is 0 Å². The molecule has 120 valence electrons. The molecule has 4 heteroatoms. The number of rotatable bonds is 3. The van der Waals surface area contributed by atoms with Gasteiger partial charge in [-0.15, -0.1) is 0 Å². The van der Waals surface area contributed by atoms with E-state index in [0.717, 1.165) is 21.9 Å². The molecule has 0 spiro atoms. The second-order valence-electron chi connectivity index (χ2n) is 7.19. The molecule has 0 bridgehead atoms. The number of aliphatic hydroxyl groups is 1. The van der Waals surface area contributed by atoms with Crippen molar-refractivity contribution in [3.8, 4) is 5.75 Å². The maximum absolute atomic E-state index is 10.5. The molecule has 23 heavy (non-hydrogen) atoms. The van der Waals surface area contributed by atoms with Crippen molar-refractivity contribution < 1.29 is 10.2 Å². The minimum atomic E-state index is -1.60. The third kappa shape index (κ3) is 3.09. The molecule has 0 radical (unpaired) electrons. The van der Waals surface area contributed by atoms with Gasteiger partial charge >= 0.3 is 0 Å². The number of aliphatic hydroxyl groups excluding tert-OH is 1. The summed E-state index contributed by atoms with van der Waals surface area (Å²) < 4.78 is 0. The van der Waals surface area contributed by atoms with Crippen LogP contribution in [0, 0.1) is 0 Å². The van der Waals surface area contributed by atoms with E-state index >= 15 is 0 Å². The molecule has 1 aliphatic rings. The van der Waals surface area contributed by atoms with Crippen LogP contribution in [0.2, 0.25) is 19.6 Å². The highest BCUT2D eigenvalue weighted by Crippen LogP contribution is 2.34. The molecule has 0 saturated heterocycles. The normalized spacial score (nSPS) is 20.9. The highest BCUT2D eigenvalue weighted by molar-refractivity contribution is 6.89. The van der Waals surface area contributed by atoms with E-state index in [9.17, 15) is 10.2 Å². The van der Waals surface area contributed by atoms with Crippen molar-refractivity contribution in [2.75, 3.05) is 0 Å². The summed E-state index contributed by atoms with van der Waals surface area (Å²) >= 11 is 0. The van der Waals surface area contributed by atoms with Gasteiger partial charge in [0, 0.05) is 18.2 Å². The molecule has 0 aliphatic heterocycles. The maximum Gasteiger partial charge on any atom is 0.123 e. The minimum Gasteiger partial charge on any atom is -0.507 e. The fourth-order valence-corrected chi connectivity index (χ4v) is 4.61. The first kappa shape index (κ1) is 16.0. The van der Waals surface area contributed by atoms with Crippen LogP contribution in [-0.2, 0) is 6.42 Å². The van der Waals surface area contributed by atoms with Gasteiger partial charge in [0.25, 0.3) is 0 Å². The fourth-order valence-electron chi connectivity index (χ4n) is 3.16. The zero-order chi connectivity index (χ0) is 16.6. The Morgan fingerprint density at radius 3 is 2.57 bits per heavy atom. The zero-order valence-corrected chi connectivity index (χ0v) is 14.8. The molecule has 0 amide bonds. The van der Waals surface area contributed by atoms with E-state index in [4.69, 9.17) is 0 Å². The van der Waals surface area contributed by atoms with Crippen molar-refractivity contribution in [3.05, 3.63) is 59.2 Å². The van der Waals surface area contributed by atoms with Gasteiger partial charge in [0.2, 0.25) is 0 Å². The lowest BCUT2D eigenvalue weighted by atomic mass is 10.1. The summed E-state index contributed by atoms with van der Waals surface area (Å²) in [5, 5.41) is 21.8. The summed E-state index contributed by atoms with van der Waals surface area (Å²) in [5.74, 6) is 0.330. The average molecular weight is 325 g/mol. The number of benzene rings is 2. The van der Waals surface area contributed by atoms with Gasteiger partial charge in [0.15, 0.2) is 0 Å². The lowest BCUT2D eigenvalue weighted by molar-refractivity contribution is 0.159. The largest absolute Gasteiger partial charge is 0.507 e. The number of fused-ring (bicyclic) bond motifs is 1. The van der Waals surface area contributed by atoms with Crippen molar-refractivity contribution in [2.24, 2.45) is 4.99 Å². The molecule has 2 aromatic rings. The lowest BCUT2D eigenvalue weighted by Gasteiger charge is -2.19. The standard InChI is InChI=1S/C19H23NO2Si/c1-23(2,3)17-10-6-8-14(19(17)22)12-20-18-15-9-5-4-7-13(15)11-16(18)21/h4-10,12,16,18,21-22H,11H2,1-3H3/t16-,18+/m1/s1. The number of phenols is 1. The molecule has 0 saturated carbocycles. The maximum atomic E-state index is 10.5. The van der Waals surface area contributed by atoms with E-state index in [-0.39, 0.29) is 6.04 Å². The second kappa shape index (κ2) is 5.94. The summed E-state index contributed by atoms with van der Waals surface area (Å²) in [5.41, 5.74) is 2.96. The summed E-state index contributed by atoms with van der Waals surface area (Å²) in [6.07, 6.45) is 1.85. The first-order valence-corrected chi connectivity index (χ1v) is 11.5. The summed E-state index contributed by atoms with van der Waals surface area (Å²) in [6, 6.07) is 13.6. The van der Waals surface area contributed by atoms with E-state index in [2.05, 4.69) is 24.6 Å². The number of hydrogen-bond acceptors (Lipinski definition) is 3. The Hall–Kier alpha value is -1.91. The number of aliphatic imine (C=N–C) groups is 1. The van der Waals surface area contributed by atoms with E-state index in [0.29, 0.717) is 12.2 Å². The predicted octanol–water partition coefficient (Wildman–Crippen LogP) is 3.01. The van der Waals surface area contributed by atoms with Gasteiger partial charge in [-0.2, -0.15) is 0 Å². The molecule has 1 aliphatic carbocycles. The van der Waals surface area contributed by atoms with Crippen LogP contribution in [-0.4, -0.2) is 30.6 Å². The Balaban J connectivity index is 1.93. The van der Waals surface area contributed by atoms with Crippen molar-refractivity contribution in [1.82, 2.24) is 0 Å². The predicted molar refractivity (Wildman–Crippen MR) is 97.6 cm³/mol. The van der Waals surface area contributed by atoms with Crippen LogP contribution >= 0.6 is 0 Å². The van der Waals surface area contributed by atoms with Gasteiger partial charge in [-0.3, -0.25) is 4.99 Å². The summed E-state index contributed by atoms with van der Waals surface area (Å²) in [4.78, 5) is 4.58. The Morgan fingerprint density at radius 1 is 1.09 bits per heavy atom. The van der Waals surface area contributed by atoms with Crippen LogP contribution in [0.4, 0.5) is 0 Å². The van der Waals surface area contributed by atoms with Crippen molar-refractivity contribution >= 4 is 19.5 Å². The third-order valence-electron chi connectivity index (χ3n) is 4.42. The summed E-state index contributed by atoms with van der Waals surface area (Å²) in [6.45, 7) is 6.62. The van der Waals surface area contributed by atoms with E-state index in [1.165, 1.54) is 0 Å². The number of hydrogen-bond donors (Lipinski definition) is 2. The topological polar surface area (TPSA) is 52.8 Å². The second-order valence-corrected chi connectivity index (χ2v) is 12.2. The van der Waals surface area contributed by atoms with Crippen LogP contribution < -0.4 is 5.19 Å². The van der Waals surface area contributed by atoms with E-state index < -0.39 is 14.2 Å². The zero-order valence-electron chi connectivity index (χ0n) is 13.8. The van der Waals surface area contributed by atoms with E-state index in [1.54, 1.807) is 6.21 Å². The highest BCUT2D eigenvalue weighted by Gasteiger charge is 2.30. The van der Waals surface area contributed by atoms with Crippen molar-refractivity contribution in [3.63, 3.8) is 0 Å². The Morgan fingerprint density at radius 2 is 1.83 bits per heavy atom. The van der Waals surface area contributed by atoms with Gasteiger partial charge in [0.05, 0.1) is 14.2 Å². The molecular formula is C19H23NO2Si. The fraction of sp³-hybridized carbons (Fsp3) is 0.316. The monoisotopic (exact) mass is 325 g/mol. The van der Waals surface area contributed by atoms with Crippen LogP contribution in [0.5, 0.6) is 5.75 Å². The molecule has 0 aromatic heterocycles. The molecule has 0 unspecified atom stereocenters. The molecule has 2 N–H and O–H groups in total. The Kier molecular flexibility index (Phi) is 4.13. The van der Waals surface area contributed by atoms with Gasteiger partial charge in [-0.05, 0) is 22.4 Å². The molecule has 2 atom stereocenters. The quantitative estimate of drug-likeness (QED) is 0.673. The molecule has 3 nitrogen and oxygen atoms in total. The van der Waals surface area contributed by atoms with Crippen LogP contribution in [0.3, 0.4) is 0 Å². The highest BCUT2D eigenvalue weighted by atomic mass is 28.3. The van der Waals surface area contributed by atoms with Gasteiger partial charge < -0.3 is 10.2 Å². The smallest absolute Gasteiger partial charge is 0.123 e. The SMILES string of the molecule is C[Si](C)(C)c1cccc(C=N[C@H]2c3ccccc3C[C@H]2O)c1O. The van der Waals surface area contributed by atoms with Gasteiger partial charge in [-0.25, -0.2) is 0 Å². The number of phenolic OH excluding ortho intramolecular Hbond substituents is 1. The first-order chi connectivity index (χ1) is 10.9. The average Bonchev–Trinajstić information content (AvgIpc) is 2.80. The van der Waals surface area contributed by atoms with Gasteiger partial charge in [-0.1, -0.05) is 56.0 Å². The lowest BCUT2D eigenvalue weighted by Crippen LogP contribution is -2.38. The summed E-state index contributed by atoms with van der Waals surface area (Å²) in [7, 11) is -1.60. The van der Waals surface area contributed by atoms with Crippen LogP contribution in [0.15, 0.2) is 47.5 Å². The molecule has 0 heterocycles. The molecule has 0 fully saturated rings. The molecule has 2 aromatic carbocycles. The number of aromatic hydroxyl groups is 1. The third-order valence-corrected chi connectivity index (χ3v) is 6.44. The van der Waals surface area contributed by atoms with Gasteiger partial charge in [0.1, 0.15) is 11.8 Å². The van der Waals surface area contributed by atoms with Crippen LogP contribution in [0.1, 0.15) is 22.7 Å². The van der Waals surface area contributed by atoms with E-state index in [1.807, 2.05) is 42.5 Å². The number of nitrogens with zero attached hydrogens (tertiary/aromatic N) is 1. The molecular weight excluding hydrogens is 302 g/mol. The Bertz CT molecular complexity index is 749. The molecule has 3 rings (SSSR count). The van der Waals surface area contributed by atoms with Crippen molar-refractivity contribution in [2.45, 2.75) is 38.2 Å². The number of para-hydroxylation sites is 1. The first-order valence-electron chi connectivity index (χ1n) is 7.99. The minimum absolute atomic E-state index is 0.249.